The molecule has 0 bridgehead atoms. The monoisotopic (exact) mass is 311 g/mol. The van der Waals surface area contributed by atoms with Gasteiger partial charge in [-0.2, -0.15) is 0 Å². The Morgan fingerprint density at radius 3 is 2.27 bits per heavy atom. The van der Waals surface area contributed by atoms with Gasteiger partial charge in [-0.25, -0.2) is 9.18 Å². The number of hydrogen-bond donors (Lipinski definition) is 2. The van der Waals surface area contributed by atoms with Gasteiger partial charge in [-0.1, -0.05) is 0 Å². The molecule has 1 aromatic rings. The van der Waals surface area contributed by atoms with E-state index in [1.54, 1.807) is 0 Å². The fourth-order valence-electron chi connectivity index (χ4n) is 2.10. The molecule has 1 amide bonds. The zero-order valence-corrected chi connectivity index (χ0v) is 13.2. The van der Waals surface area contributed by atoms with Crippen molar-refractivity contribution in [3.63, 3.8) is 0 Å². The minimum atomic E-state index is -1.30. The van der Waals surface area contributed by atoms with E-state index in [2.05, 4.69) is 5.32 Å². The molecule has 0 radical (unpaired) electrons. The predicted molar refractivity (Wildman–Crippen MR) is 80.3 cm³/mol. The summed E-state index contributed by atoms with van der Waals surface area (Å²) < 4.78 is 31.0. The standard InChI is InChI=1S/C14H19BFNO5/c1-13(2)14(3,4)22-15(21-13)8-6-11(20-5)10(7-9(8)16)17-12(18)19/h6-7,17H,1-5H3,(H,18,19). The Labute approximate surface area is 128 Å². The third-order valence-corrected chi connectivity index (χ3v) is 4.07. The number of amides is 1. The number of carboxylic acid groups (broad SMARTS) is 1. The molecule has 22 heavy (non-hydrogen) atoms. The molecule has 0 unspecified atom stereocenters. The van der Waals surface area contributed by atoms with Crippen LogP contribution in [-0.4, -0.2) is 36.6 Å². The van der Waals surface area contributed by atoms with Crippen molar-refractivity contribution in [2.75, 3.05) is 12.4 Å². The normalized spacial score (nSPS) is 19.1. The first-order valence-corrected chi connectivity index (χ1v) is 6.80. The first-order chi connectivity index (χ1) is 10.1. The smallest absolute Gasteiger partial charge is 0.495 e. The van der Waals surface area contributed by atoms with E-state index in [1.165, 1.54) is 13.2 Å². The summed E-state index contributed by atoms with van der Waals surface area (Å²) in [5.41, 5.74) is -1.02. The summed E-state index contributed by atoms with van der Waals surface area (Å²) in [4.78, 5) is 10.7. The van der Waals surface area contributed by atoms with E-state index in [-0.39, 0.29) is 16.9 Å². The number of halogens is 1. The quantitative estimate of drug-likeness (QED) is 0.837. The minimum Gasteiger partial charge on any atom is -0.495 e. The van der Waals surface area contributed by atoms with Crippen LogP contribution in [0.25, 0.3) is 0 Å². The fourth-order valence-corrected chi connectivity index (χ4v) is 2.10. The van der Waals surface area contributed by atoms with Gasteiger partial charge in [0, 0.05) is 11.5 Å². The van der Waals surface area contributed by atoms with E-state index in [4.69, 9.17) is 19.2 Å². The van der Waals surface area contributed by atoms with Gasteiger partial charge >= 0.3 is 13.2 Å². The van der Waals surface area contributed by atoms with Crippen LogP contribution in [0.5, 0.6) is 5.75 Å². The average molecular weight is 311 g/mol. The molecule has 0 aliphatic carbocycles. The molecule has 0 spiro atoms. The molecule has 1 aliphatic rings. The lowest BCUT2D eigenvalue weighted by molar-refractivity contribution is 0.00578. The molecule has 0 saturated carbocycles. The topological polar surface area (TPSA) is 77.0 Å². The molecular weight excluding hydrogens is 292 g/mol. The van der Waals surface area contributed by atoms with Gasteiger partial charge in [0.2, 0.25) is 0 Å². The highest BCUT2D eigenvalue weighted by molar-refractivity contribution is 6.62. The molecule has 2 N–H and O–H groups in total. The predicted octanol–water partition coefficient (Wildman–Crippen LogP) is 2.22. The molecule has 1 saturated heterocycles. The highest BCUT2D eigenvalue weighted by atomic mass is 19.1. The van der Waals surface area contributed by atoms with Crippen LogP contribution in [0.1, 0.15) is 27.7 Å². The van der Waals surface area contributed by atoms with Gasteiger partial charge in [-0.15, -0.1) is 0 Å². The molecule has 1 aromatic carbocycles. The van der Waals surface area contributed by atoms with Crippen LogP contribution < -0.4 is 15.5 Å². The van der Waals surface area contributed by atoms with Crippen molar-refractivity contribution in [3.05, 3.63) is 17.9 Å². The number of carbonyl (C=O) groups is 1. The Hall–Kier alpha value is -1.80. The molecule has 1 fully saturated rings. The summed E-state index contributed by atoms with van der Waals surface area (Å²) >= 11 is 0. The number of anilines is 1. The van der Waals surface area contributed by atoms with E-state index >= 15 is 0 Å². The minimum absolute atomic E-state index is 0.0211. The SMILES string of the molecule is COc1cc(B2OC(C)(C)C(C)(C)O2)c(F)cc1NC(=O)O. The van der Waals surface area contributed by atoms with Crippen LogP contribution in [-0.2, 0) is 9.31 Å². The van der Waals surface area contributed by atoms with Gasteiger partial charge in [0.05, 0.1) is 24.0 Å². The molecule has 1 heterocycles. The Morgan fingerprint density at radius 1 is 1.27 bits per heavy atom. The lowest BCUT2D eigenvalue weighted by Gasteiger charge is -2.32. The van der Waals surface area contributed by atoms with E-state index in [0.717, 1.165) is 6.07 Å². The number of rotatable bonds is 3. The van der Waals surface area contributed by atoms with Crippen molar-refractivity contribution in [2.45, 2.75) is 38.9 Å². The Balaban J connectivity index is 2.39. The maximum absolute atomic E-state index is 14.3. The lowest BCUT2D eigenvalue weighted by Crippen LogP contribution is -2.41. The number of benzene rings is 1. The Bertz CT molecular complexity index is 589. The summed E-state index contributed by atoms with van der Waals surface area (Å²) in [5.74, 6) is -0.448. The van der Waals surface area contributed by atoms with E-state index < -0.39 is 30.2 Å². The molecule has 120 valence electrons. The van der Waals surface area contributed by atoms with Crippen LogP contribution in [0, 0.1) is 5.82 Å². The van der Waals surface area contributed by atoms with Crippen LogP contribution in [0.3, 0.4) is 0 Å². The van der Waals surface area contributed by atoms with Gasteiger partial charge in [-0.3, -0.25) is 5.32 Å². The highest BCUT2D eigenvalue weighted by Crippen LogP contribution is 2.37. The summed E-state index contributed by atoms with van der Waals surface area (Å²) in [6, 6.07) is 2.43. The zero-order chi connectivity index (χ0) is 16.7. The third-order valence-electron chi connectivity index (χ3n) is 4.07. The summed E-state index contributed by atoms with van der Waals surface area (Å²) in [6.45, 7) is 7.45. The maximum Gasteiger partial charge on any atom is 0.497 e. The number of hydrogen-bond acceptors (Lipinski definition) is 4. The first kappa shape index (κ1) is 16.6. The molecule has 0 aromatic heterocycles. The summed E-state index contributed by atoms with van der Waals surface area (Å²) in [5, 5.41) is 10.8. The van der Waals surface area contributed by atoms with Crippen LogP contribution in [0.15, 0.2) is 12.1 Å². The fraction of sp³-hybridized carbons (Fsp3) is 0.500. The Morgan fingerprint density at radius 2 is 1.82 bits per heavy atom. The van der Waals surface area contributed by atoms with Crippen molar-refractivity contribution >= 4 is 24.4 Å². The second-order valence-electron chi connectivity index (χ2n) is 6.09. The molecule has 0 atom stereocenters. The highest BCUT2D eigenvalue weighted by Gasteiger charge is 2.52. The van der Waals surface area contributed by atoms with Gasteiger partial charge in [0.1, 0.15) is 11.6 Å². The first-order valence-electron chi connectivity index (χ1n) is 6.80. The van der Waals surface area contributed by atoms with Crippen molar-refractivity contribution < 1.29 is 28.3 Å². The number of nitrogens with one attached hydrogen (secondary N) is 1. The maximum atomic E-state index is 14.3. The zero-order valence-electron chi connectivity index (χ0n) is 13.2. The van der Waals surface area contributed by atoms with Gasteiger partial charge < -0.3 is 19.2 Å². The largest absolute Gasteiger partial charge is 0.497 e. The van der Waals surface area contributed by atoms with E-state index in [9.17, 15) is 9.18 Å². The molecule has 6 nitrogen and oxygen atoms in total. The lowest BCUT2D eigenvalue weighted by atomic mass is 9.78. The number of ether oxygens (including phenoxy) is 1. The van der Waals surface area contributed by atoms with Crippen molar-refractivity contribution in [1.82, 2.24) is 0 Å². The van der Waals surface area contributed by atoms with Crippen molar-refractivity contribution in [2.24, 2.45) is 0 Å². The molecule has 8 heteroatoms. The van der Waals surface area contributed by atoms with Gasteiger partial charge in [-0.05, 0) is 33.8 Å². The van der Waals surface area contributed by atoms with E-state index in [1.807, 2.05) is 27.7 Å². The molecule has 2 rings (SSSR count). The van der Waals surface area contributed by atoms with E-state index in [0.29, 0.717) is 0 Å². The van der Waals surface area contributed by atoms with Crippen molar-refractivity contribution in [1.29, 1.82) is 0 Å². The Kier molecular flexibility index (Phi) is 4.10. The third kappa shape index (κ3) is 2.89. The van der Waals surface area contributed by atoms with Crippen LogP contribution >= 0.6 is 0 Å². The van der Waals surface area contributed by atoms with Crippen LogP contribution in [0.4, 0.5) is 14.9 Å². The van der Waals surface area contributed by atoms with Crippen LogP contribution in [0.2, 0.25) is 0 Å². The molecular formula is C14H19BFNO5. The average Bonchev–Trinajstić information content (AvgIpc) is 2.57. The van der Waals surface area contributed by atoms with Crippen molar-refractivity contribution in [3.8, 4) is 5.75 Å². The number of methoxy groups -OCH3 is 1. The summed E-state index contributed by atoms with van der Waals surface area (Å²) in [7, 11) is 0.478. The van der Waals surface area contributed by atoms with Gasteiger partial charge in [0.15, 0.2) is 0 Å². The second kappa shape index (κ2) is 5.44. The van der Waals surface area contributed by atoms with Gasteiger partial charge in [0.25, 0.3) is 0 Å². The summed E-state index contributed by atoms with van der Waals surface area (Å²) in [6.07, 6.45) is -1.30. The molecule has 1 aliphatic heterocycles. The second-order valence-corrected chi connectivity index (χ2v) is 6.09.